The molecule has 126 valence electrons. The number of hydrogen-bond acceptors (Lipinski definition) is 6. The zero-order valence-electron chi connectivity index (χ0n) is 13.1. The van der Waals surface area contributed by atoms with Crippen LogP contribution in [0.15, 0.2) is 0 Å². The van der Waals surface area contributed by atoms with E-state index in [2.05, 4.69) is 0 Å². The zero-order valence-corrected chi connectivity index (χ0v) is 13.1. The van der Waals surface area contributed by atoms with Crippen LogP contribution < -0.4 is 5.73 Å². The molecule has 0 saturated heterocycles. The van der Waals surface area contributed by atoms with Gasteiger partial charge in [0.2, 0.25) is 0 Å². The summed E-state index contributed by atoms with van der Waals surface area (Å²) in [6.45, 7) is 3.44. The van der Waals surface area contributed by atoms with E-state index in [0.29, 0.717) is 25.7 Å². The van der Waals surface area contributed by atoms with Gasteiger partial charge in [-0.2, -0.15) is 0 Å². The van der Waals surface area contributed by atoms with Crippen molar-refractivity contribution in [3.63, 3.8) is 0 Å². The Morgan fingerprint density at radius 1 is 1.05 bits per heavy atom. The molecule has 0 bridgehead atoms. The van der Waals surface area contributed by atoms with Crippen molar-refractivity contribution >= 4 is 17.9 Å². The van der Waals surface area contributed by atoms with E-state index in [1.54, 1.807) is 13.8 Å². The molecule has 0 radical (unpaired) electrons. The van der Waals surface area contributed by atoms with E-state index in [9.17, 15) is 14.4 Å². The van der Waals surface area contributed by atoms with Crippen molar-refractivity contribution in [2.45, 2.75) is 45.6 Å². The number of carboxylic acids is 1. The van der Waals surface area contributed by atoms with Gasteiger partial charge in [0.1, 0.15) is 19.3 Å². The second-order valence-electron chi connectivity index (χ2n) is 5.97. The minimum atomic E-state index is -0.790. The highest BCUT2D eigenvalue weighted by Crippen LogP contribution is 2.30. The van der Waals surface area contributed by atoms with Crippen LogP contribution in [-0.2, 0) is 23.9 Å². The van der Waals surface area contributed by atoms with Crippen molar-refractivity contribution in [3.8, 4) is 0 Å². The largest absolute Gasteiger partial charge is 0.481 e. The van der Waals surface area contributed by atoms with Gasteiger partial charge in [-0.15, -0.1) is 0 Å². The average Bonchev–Trinajstić information content (AvgIpc) is 2.50. The summed E-state index contributed by atoms with van der Waals surface area (Å²) in [5.74, 6) is -2.27. The van der Waals surface area contributed by atoms with Gasteiger partial charge < -0.3 is 20.3 Å². The van der Waals surface area contributed by atoms with Gasteiger partial charge in [-0.25, -0.2) is 0 Å². The maximum absolute atomic E-state index is 11.8. The predicted molar refractivity (Wildman–Crippen MR) is 77.8 cm³/mol. The predicted octanol–water partition coefficient (Wildman–Crippen LogP) is 0.947. The van der Waals surface area contributed by atoms with Gasteiger partial charge in [-0.1, -0.05) is 13.8 Å². The molecule has 1 atom stereocenters. The number of nitrogens with two attached hydrogens (primary N) is 1. The fourth-order valence-corrected chi connectivity index (χ4v) is 2.47. The first-order chi connectivity index (χ1) is 10.3. The van der Waals surface area contributed by atoms with Crippen molar-refractivity contribution in [1.29, 1.82) is 0 Å². The molecule has 0 aromatic rings. The monoisotopic (exact) mass is 315 g/mol. The summed E-state index contributed by atoms with van der Waals surface area (Å²) in [6, 6.07) is -0.754. The average molecular weight is 315 g/mol. The van der Waals surface area contributed by atoms with Gasteiger partial charge in [-0.3, -0.25) is 14.4 Å². The number of esters is 2. The lowest BCUT2D eigenvalue weighted by atomic mass is 9.79. The van der Waals surface area contributed by atoms with Crippen molar-refractivity contribution in [1.82, 2.24) is 0 Å². The Morgan fingerprint density at radius 3 is 2.00 bits per heavy atom. The lowest BCUT2D eigenvalue weighted by molar-refractivity contribution is -0.156. The van der Waals surface area contributed by atoms with Crippen molar-refractivity contribution in [2.24, 2.45) is 23.5 Å². The van der Waals surface area contributed by atoms with Crippen LogP contribution in [0.1, 0.15) is 39.5 Å². The van der Waals surface area contributed by atoms with Gasteiger partial charge in [-0.05, 0) is 31.6 Å². The zero-order chi connectivity index (χ0) is 16.7. The Kier molecular flexibility index (Phi) is 7.31. The van der Waals surface area contributed by atoms with E-state index >= 15 is 0 Å². The molecule has 22 heavy (non-hydrogen) atoms. The lowest BCUT2D eigenvalue weighted by Crippen LogP contribution is -2.42. The molecule has 1 fully saturated rings. The van der Waals surface area contributed by atoms with E-state index in [0.717, 1.165) is 0 Å². The van der Waals surface area contributed by atoms with E-state index in [1.807, 2.05) is 0 Å². The molecule has 1 aliphatic carbocycles. The Labute approximate surface area is 130 Å². The summed E-state index contributed by atoms with van der Waals surface area (Å²) in [4.78, 5) is 33.9. The quantitative estimate of drug-likeness (QED) is 0.530. The summed E-state index contributed by atoms with van der Waals surface area (Å²) >= 11 is 0. The molecule has 0 aromatic heterocycles. The van der Waals surface area contributed by atoms with Crippen molar-refractivity contribution < 1.29 is 29.0 Å². The number of carboxylic acid groups (broad SMARTS) is 1. The number of rotatable bonds is 7. The minimum absolute atomic E-state index is 0.0151. The summed E-state index contributed by atoms with van der Waals surface area (Å²) in [7, 11) is 0. The van der Waals surface area contributed by atoms with Crippen LogP contribution in [0.3, 0.4) is 0 Å². The summed E-state index contributed by atoms with van der Waals surface area (Å²) < 4.78 is 9.90. The van der Waals surface area contributed by atoms with Gasteiger partial charge >= 0.3 is 17.9 Å². The standard InChI is InChI=1S/C15H25NO6/c1-9(2)14(19)21-7-8-22-15(20)12(16)10-3-5-11(6-4-10)13(17)18/h9-12H,3-8,16H2,1-2H3,(H,17,18). The molecular formula is C15H25NO6. The summed E-state index contributed by atoms with van der Waals surface area (Å²) in [6.07, 6.45) is 2.28. The number of carbonyl (C=O) groups is 3. The van der Waals surface area contributed by atoms with Gasteiger partial charge in [0.15, 0.2) is 0 Å². The van der Waals surface area contributed by atoms with Crippen molar-refractivity contribution in [3.05, 3.63) is 0 Å². The molecule has 1 unspecified atom stereocenters. The van der Waals surface area contributed by atoms with E-state index < -0.39 is 18.0 Å². The number of ether oxygens (including phenoxy) is 2. The molecule has 0 heterocycles. The molecule has 0 amide bonds. The van der Waals surface area contributed by atoms with Crippen molar-refractivity contribution in [2.75, 3.05) is 13.2 Å². The fraction of sp³-hybridized carbons (Fsp3) is 0.800. The molecule has 0 aliphatic heterocycles. The summed E-state index contributed by atoms with van der Waals surface area (Å²) in [5.41, 5.74) is 5.87. The lowest BCUT2D eigenvalue weighted by Gasteiger charge is -2.29. The SMILES string of the molecule is CC(C)C(=O)OCCOC(=O)C(N)C1CCC(C(=O)O)CC1. The van der Waals surface area contributed by atoms with Crippen LogP contribution in [0.5, 0.6) is 0 Å². The maximum atomic E-state index is 11.8. The minimum Gasteiger partial charge on any atom is -0.481 e. The molecule has 7 heteroatoms. The van der Waals surface area contributed by atoms with Gasteiger partial charge in [0, 0.05) is 0 Å². The highest BCUT2D eigenvalue weighted by Gasteiger charge is 2.32. The third-order valence-corrected chi connectivity index (χ3v) is 3.94. The molecule has 0 spiro atoms. The first kappa shape index (κ1) is 18.4. The van der Waals surface area contributed by atoms with E-state index in [4.69, 9.17) is 20.3 Å². The molecule has 1 saturated carbocycles. The van der Waals surface area contributed by atoms with Crippen LogP contribution in [0, 0.1) is 17.8 Å². The Morgan fingerprint density at radius 2 is 1.55 bits per heavy atom. The number of hydrogen-bond donors (Lipinski definition) is 2. The highest BCUT2D eigenvalue weighted by atomic mass is 16.6. The van der Waals surface area contributed by atoms with Crippen LogP contribution in [0.2, 0.25) is 0 Å². The summed E-state index contributed by atoms with van der Waals surface area (Å²) in [5, 5.41) is 8.94. The van der Waals surface area contributed by atoms with Crippen LogP contribution >= 0.6 is 0 Å². The topological polar surface area (TPSA) is 116 Å². The molecule has 7 nitrogen and oxygen atoms in total. The highest BCUT2D eigenvalue weighted by molar-refractivity contribution is 5.76. The smallest absolute Gasteiger partial charge is 0.323 e. The molecular weight excluding hydrogens is 290 g/mol. The first-order valence-corrected chi connectivity index (χ1v) is 7.64. The van der Waals surface area contributed by atoms with Gasteiger partial charge in [0.25, 0.3) is 0 Å². The van der Waals surface area contributed by atoms with Crippen LogP contribution in [-0.4, -0.2) is 42.3 Å². The normalized spacial score (nSPS) is 22.9. The maximum Gasteiger partial charge on any atom is 0.323 e. The third-order valence-electron chi connectivity index (χ3n) is 3.94. The third kappa shape index (κ3) is 5.63. The molecule has 1 rings (SSSR count). The van der Waals surface area contributed by atoms with E-state index in [-0.39, 0.29) is 36.9 Å². The Balaban J connectivity index is 2.25. The molecule has 1 aliphatic rings. The first-order valence-electron chi connectivity index (χ1n) is 7.64. The van der Waals surface area contributed by atoms with E-state index in [1.165, 1.54) is 0 Å². The van der Waals surface area contributed by atoms with Crippen LogP contribution in [0.25, 0.3) is 0 Å². The number of aliphatic carboxylic acids is 1. The Hall–Kier alpha value is -1.63. The molecule has 3 N–H and O–H groups in total. The van der Waals surface area contributed by atoms with Gasteiger partial charge in [0.05, 0.1) is 11.8 Å². The second-order valence-corrected chi connectivity index (χ2v) is 5.97. The Bertz CT molecular complexity index is 401. The second kappa shape index (κ2) is 8.73. The fourth-order valence-electron chi connectivity index (χ4n) is 2.47. The van der Waals surface area contributed by atoms with Crippen LogP contribution in [0.4, 0.5) is 0 Å². The molecule has 0 aromatic carbocycles. The number of carbonyl (C=O) groups excluding carboxylic acids is 2.